The van der Waals surface area contributed by atoms with Crippen molar-refractivity contribution in [3.8, 4) is 0 Å². The first-order chi connectivity index (χ1) is 10.3. The van der Waals surface area contributed by atoms with Crippen molar-refractivity contribution in [1.82, 2.24) is 10.6 Å². The molecule has 118 valence electrons. The normalized spacial score (nSPS) is 20.0. The van der Waals surface area contributed by atoms with Crippen LogP contribution in [0.1, 0.15) is 12.0 Å². The van der Waals surface area contributed by atoms with Gasteiger partial charge in [-0.15, -0.1) is 0 Å². The van der Waals surface area contributed by atoms with Crippen LogP contribution in [0, 0.1) is 0 Å². The molecule has 1 aliphatic heterocycles. The van der Waals surface area contributed by atoms with Crippen molar-refractivity contribution in [2.75, 3.05) is 11.5 Å². The summed E-state index contributed by atoms with van der Waals surface area (Å²) in [6, 6.07) is 6.79. The number of carbonyl (C=O) groups excluding carboxylic acids is 1. The predicted octanol–water partition coefficient (Wildman–Crippen LogP) is 1.53. The molecule has 8 heteroatoms. The molecule has 1 fully saturated rings. The van der Waals surface area contributed by atoms with Crippen LogP contribution in [0.25, 0.3) is 6.08 Å². The molecule has 2 rings (SSSR count). The van der Waals surface area contributed by atoms with E-state index in [0.29, 0.717) is 11.4 Å². The lowest BCUT2D eigenvalue weighted by molar-refractivity contribution is -0.115. The topological polar surface area (TPSA) is 75.3 Å². The molecule has 1 unspecified atom stereocenters. The highest BCUT2D eigenvalue weighted by Gasteiger charge is 2.28. The third-order valence-corrected chi connectivity index (χ3v) is 5.34. The van der Waals surface area contributed by atoms with Crippen LogP contribution in [0.3, 0.4) is 0 Å². The van der Waals surface area contributed by atoms with Crippen molar-refractivity contribution >= 4 is 50.8 Å². The number of halogens is 1. The molecular formula is C14H15ClN2O3S2. The number of nitrogens with one attached hydrogen (secondary N) is 2. The highest BCUT2D eigenvalue weighted by molar-refractivity contribution is 7.91. The molecule has 0 aromatic heterocycles. The zero-order chi connectivity index (χ0) is 16.2. The lowest BCUT2D eigenvalue weighted by atomic mass is 10.2. The number of rotatable bonds is 3. The van der Waals surface area contributed by atoms with Crippen LogP contribution in [0.4, 0.5) is 0 Å². The summed E-state index contributed by atoms with van der Waals surface area (Å²) in [5, 5.41) is 6.09. The average Bonchev–Trinajstić information content (AvgIpc) is 2.77. The number of thiocarbonyl (C=S) groups is 1. The first kappa shape index (κ1) is 16.9. The summed E-state index contributed by atoms with van der Waals surface area (Å²) in [6.45, 7) is 0. The maximum atomic E-state index is 11.7. The zero-order valence-electron chi connectivity index (χ0n) is 11.6. The first-order valence-corrected chi connectivity index (χ1v) is 9.20. The molecule has 0 spiro atoms. The van der Waals surface area contributed by atoms with Gasteiger partial charge in [-0.2, -0.15) is 0 Å². The van der Waals surface area contributed by atoms with E-state index in [-0.39, 0.29) is 28.6 Å². The minimum atomic E-state index is -2.98. The van der Waals surface area contributed by atoms with Gasteiger partial charge in [-0.1, -0.05) is 23.7 Å². The molecule has 1 aromatic carbocycles. The maximum Gasteiger partial charge on any atom is 0.250 e. The molecule has 1 aliphatic rings. The third kappa shape index (κ3) is 5.40. The van der Waals surface area contributed by atoms with E-state index in [4.69, 9.17) is 23.8 Å². The molecule has 0 bridgehead atoms. The average molecular weight is 359 g/mol. The van der Waals surface area contributed by atoms with Gasteiger partial charge in [0.05, 0.1) is 11.5 Å². The molecule has 0 saturated carbocycles. The number of amides is 1. The van der Waals surface area contributed by atoms with Gasteiger partial charge in [-0.25, -0.2) is 8.42 Å². The summed E-state index contributed by atoms with van der Waals surface area (Å²) in [7, 11) is -2.98. The zero-order valence-corrected chi connectivity index (χ0v) is 14.0. The van der Waals surface area contributed by atoms with Crippen molar-refractivity contribution < 1.29 is 13.2 Å². The van der Waals surface area contributed by atoms with Gasteiger partial charge in [0.1, 0.15) is 0 Å². The number of sulfone groups is 1. The Balaban J connectivity index is 1.81. The van der Waals surface area contributed by atoms with E-state index >= 15 is 0 Å². The Bertz CT molecular complexity index is 699. The molecule has 1 amide bonds. The van der Waals surface area contributed by atoms with E-state index < -0.39 is 9.84 Å². The number of hydrogen-bond acceptors (Lipinski definition) is 4. The van der Waals surface area contributed by atoms with Crippen molar-refractivity contribution in [2.24, 2.45) is 0 Å². The van der Waals surface area contributed by atoms with Gasteiger partial charge in [0.25, 0.3) is 0 Å². The van der Waals surface area contributed by atoms with E-state index in [9.17, 15) is 13.2 Å². The Hall–Kier alpha value is -1.44. The highest BCUT2D eigenvalue weighted by atomic mass is 35.5. The molecule has 1 aromatic rings. The second-order valence-corrected chi connectivity index (χ2v) is 8.02. The van der Waals surface area contributed by atoms with Crippen LogP contribution in [0.15, 0.2) is 30.3 Å². The largest absolute Gasteiger partial charge is 0.359 e. The molecule has 1 heterocycles. The fourth-order valence-electron chi connectivity index (χ4n) is 2.03. The van der Waals surface area contributed by atoms with Crippen LogP contribution in [-0.4, -0.2) is 37.0 Å². The number of benzene rings is 1. The number of hydrogen-bond donors (Lipinski definition) is 2. The Kier molecular flexibility index (Phi) is 5.55. The van der Waals surface area contributed by atoms with E-state index in [1.54, 1.807) is 30.3 Å². The van der Waals surface area contributed by atoms with Crippen LogP contribution < -0.4 is 10.6 Å². The Morgan fingerprint density at radius 3 is 2.59 bits per heavy atom. The van der Waals surface area contributed by atoms with Gasteiger partial charge in [-0.05, 0) is 42.4 Å². The van der Waals surface area contributed by atoms with E-state index in [2.05, 4.69) is 10.6 Å². The summed E-state index contributed by atoms with van der Waals surface area (Å²) >= 11 is 10.8. The smallest absolute Gasteiger partial charge is 0.250 e. The maximum absolute atomic E-state index is 11.7. The quantitative estimate of drug-likeness (QED) is 0.633. The Morgan fingerprint density at radius 2 is 2.00 bits per heavy atom. The van der Waals surface area contributed by atoms with E-state index in [1.807, 2.05) is 0 Å². The SMILES string of the molecule is O=C(/C=C/c1ccc(Cl)cc1)NC(=S)NC1CCS(=O)(=O)C1. The Labute approximate surface area is 139 Å². The second-order valence-electron chi connectivity index (χ2n) is 4.95. The minimum Gasteiger partial charge on any atom is -0.359 e. The molecule has 22 heavy (non-hydrogen) atoms. The van der Waals surface area contributed by atoms with Crippen LogP contribution >= 0.6 is 23.8 Å². The van der Waals surface area contributed by atoms with Crippen molar-refractivity contribution in [1.29, 1.82) is 0 Å². The third-order valence-electron chi connectivity index (χ3n) is 3.10. The summed E-state index contributed by atoms with van der Waals surface area (Å²) < 4.78 is 22.7. The molecule has 1 saturated heterocycles. The summed E-state index contributed by atoms with van der Waals surface area (Å²) in [5.41, 5.74) is 0.834. The predicted molar refractivity (Wildman–Crippen MR) is 91.4 cm³/mol. The van der Waals surface area contributed by atoms with E-state index in [1.165, 1.54) is 6.08 Å². The second kappa shape index (κ2) is 7.21. The van der Waals surface area contributed by atoms with Gasteiger partial charge < -0.3 is 5.32 Å². The van der Waals surface area contributed by atoms with Crippen LogP contribution in [0.5, 0.6) is 0 Å². The van der Waals surface area contributed by atoms with Gasteiger partial charge in [0, 0.05) is 17.1 Å². The lowest BCUT2D eigenvalue weighted by Crippen LogP contribution is -2.44. The molecule has 5 nitrogen and oxygen atoms in total. The first-order valence-electron chi connectivity index (χ1n) is 6.60. The van der Waals surface area contributed by atoms with Gasteiger partial charge >= 0.3 is 0 Å². The fraction of sp³-hybridized carbons (Fsp3) is 0.286. The highest BCUT2D eigenvalue weighted by Crippen LogP contribution is 2.11. The van der Waals surface area contributed by atoms with Gasteiger partial charge in [0.15, 0.2) is 14.9 Å². The van der Waals surface area contributed by atoms with E-state index in [0.717, 1.165) is 5.56 Å². The minimum absolute atomic E-state index is 0.0453. The van der Waals surface area contributed by atoms with Crippen molar-refractivity contribution in [3.63, 3.8) is 0 Å². The molecular weight excluding hydrogens is 344 g/mol. The van der Waals surface area contributed by atoms with Crippen LogP contribution in [0.2, 0.25) is 5.02 Å². The van der Waals surface area contributed by atoms with Crippen molar-refractivity contribution in [3.05, 3.63) is 40.9 Å². The summed E-state index contributed by atoms with van der Waals surface area (Å²) in [6.07, 6.45) is 3.48. The summed E-state index contributed by atoms with van der Waals surface area (Å²) in [5.74, 6) is -0.185. The van der Waals surface area contributed by atoms with Crippen molar-refractivity contribution in [2.45, 2.75) is 12.5 Å². The summed E-state index contributed by atoms with van der Waals surface area (Å²) in [4.78, 5) is 11.7. The standard InChI is InChI=1S/C14H15ClN2O3S2/c15-11-4-1-10(2-5-11)3-6-13(18)17-14(21)16-12-7-8-22(19,20)9-12/h1-6,12H,7-9H2,(H2,16,17,18,21)/b6-3+. The molecule has 0 radical (unpaired) electrons. The lowest BCUT2D eigenvalue weighted by Gasteiger charge is -2.13. The van der Waals surface area contributed by atoms with Crippen LogP contribution in [-0.2, 0) is 14.6 Å². The molecule has 0 aliphatic carbocycles. The number of carbonyl (C=O) groups is 1. The van der Waals surface area contributed by atoms with Gasteiger partial charge in [0.2, 0.25) is 5.91 Å². The molecule has 1 atom stereocenters. The molecule has 2 N–H and O–H groups in total. The Morgan fingerprint density at radius 1 is 1.32 bits per heavy atom. The van der Waals surface area contributed by atoms with Gasteiger partial charge in [-0.3, -0.25) is 10.1 Å². The monoisotopic (exact) mass is 358 g/mol. The fourth-order valence-corrected chi connectivity index (χ4v) is 4.10.